The molecule has 0 fully saturated rings. The first-order valence-corrected chi connectivity index (χ1v) is 8.05. The highest BCUT2D eigenvalue weighted by molar-refractivity contribution is 9.10. The standard InChI is InChI=1S/C16H15BrN2O7/c1-3-26-12-7(17)4-6(5-8(12)25-2)9-10(15(21)22)13(18)19-14(20)11(9)16(23)24/h4-5H,3H2,1-2H3,(H,21,22)(H,23,24)(H3,18,19,20). The number of carboxylic acids is 2. The SMILES string of the molecule is CCOc1c(Br)cc(-c2c(C(=O)O)c(N)[nH]c(=O)c2C(=O)O)cc1OC. The Morgan fingerprint density at radius 2 is 1.85 bits per heavy atom. The molecule has 0 aliphatic carbocycles. The fraction of sp³-hybridized carbons (Fsp3) is 0.188. The first-order chi connectivity index (χ1) is 12.2. The Morgan fingerprint density at radius 1 is 1.23 bits per heavy atom. The summed E-state index contributed by atoms with van der Waals surface area (Å²) in [5.41, 5.74) is 3.13. The van der Waals surface area contributed by atoms with E-state index >= 15 is 0 Å². The molecule has 0 aliphatic rings. The van der Waals surface area contributed by atoms with Gasteiger partial charge in [0.1, 0.15) is 16.9 Å². The summed E-state index contributed by atoms with van der Waals surface area (Å²) in [6.07, 6.45) is 0. The number of carbonyl (C=O) groups is 2. The fourth-order valence-corrected chi connectivity index (χ4v) is 3.04. The first kappa shape index (κ1) is 19.3. The van der Waals surface area contributed by atoms with Gasteiger partial charge in [0.05, 0.1) is 18.2 Å². The van der Waals surface area contributed by atoms with E-state index in [1.807, 2.05) is 4.98 Å². The zero-order valence-corrected chi connectivity index (χ0v) is 15.3. The Balaban J connectivity index is 2.96. The van der Waals surface area contributed by atoms with Crippen molar-refractivity contribution in [3.8, 4) is 22.6 Å². The molecule has 138 valence electrons. The molecule has 1 heterocycles. The summed E-state index contributed by atoms with van der Waals surface area (Å²) in [4.78, 5) is 37.4. The summed E-state index contributed by atoms with van der Waals surface area (Å²) in [6.45, 7) is 2.11. The van der Waals surface area contributed by atoms with Crippen LogP contribution in [0.1, 0.15) is 27.6 Å². The monoisotopic (exact) mass is 426 g/mol. The molecule has 1 aromatic carbocycles. The molecule has 10 heteroatoms. The van der Waals surface area contributed by atoms with E-state index in [-0.39, 0.29) is 16.9 Å². The maximum absolute atomic E-state index is 12.1. The molecule has 2 rings (SSSR count). The molecule has 9 nitrogen and oxygen atoms in total. The summed E-state index contributed by atoms with van der Waals surface area (Å²) < 4.78 is 11.1. The predicted octanol–water partition coefficient (Wildman–Crippen LogP) is 2.19. The van der Waals surface area contributed by atoms with Crippen LogP contribution in [0, 0.1) is 0 Å². The van der Waals surface area contributed by atoms with Gasteiger partial charge in [-0.05, 0) is 40.5 Å². The van der Waals surface area contributed by atoms with Crippen molar-refractivity contribution in [2.75, 3.05) is 19.5 Å². The maximum Gasteiger partial charge on any atom is 0.342 e. The summed E-state index contributed by atoms with van der Waals surface area (Å²) >= 11 is 3.28. The van der Waals surface area contributed by atoms with Crippen molar-refractivity contribution < 1.29 is 29.3 Å². The van der Waals surface area contributed by atoms with Crippen LogP contribution in [0.15, 0.2) is 21.4 Å². The molecular formula is C16H15BrN2O7. The van der Waals surface area contributed by atoms with E-state index in [4.69, 9.17) is 15.2 Å². The molecule has 0 aliphatic heterocycles. The average molecular weight is 427 g/mol. The van der Waals surface area contributed by atoms with E-state index in [0.29, 0.717) is 16.8 Å². The molecule has 0 bridgehead atoms. The minimum Gasteiger partial charge on any atom is -0.493 e. The van der Waals surface area contributed by atoms with Crippen LogP contribution in [0.25, 0.3) is 11.1 Å². The van der Waals surface area contributed by atoms with Crippen molar-refractivity contribution in [1.82, 2.24) is 4.98 Å². The second kappa shape index (κ2) is 7.48. The van der Waals surface area contributed by atoms with Gasteiger partial charge in [-0.2, -0.15) is 0 Å². The fourth-order valence-electron chi connectivity index (χ4n) is 2.48. The van der Waals surface area contributed by atoms with Crippen LogP contribution in [0.2, 0.25) is 0 Å². The Kier molecular flexibility index (Phi) is 5.56. The third kappa shape index (κ3) is 3.36. The number of aromatic amines is 1. The lowest BCUT2D eigenvalue weighted by atomic mass is 9.95. The molecule has 0 unspecified atom stereocenters. The molecular weight excluding hydrogens is 412 g/mol. The van der Waals surface area contributed by atoms with Gasteiger partial charge >= 0.3 is 11.9 Å². The Labute approximate surface area is 155 Å². The van der Waals surface area contributed by atoms with Crippen molar-refractivity contribution in [2.45, 2.75) is 6.92 Å². The Hall–Kier alpha value is -3.01. The van der Waals surface area contributed by atoms with Crippen LogP contribution >= 0.6 is 15.9 Å². The number of hydrogen-bond acceptors (Lipinski definition) is 6. The first-order valence-electron chi connectivity index (χ1n) is 7.25. The van der Waals surface area contributed by atoms with E-state index in [1.165, 1.54) is 19.2 Å². The van der Waals surface area contributed by atoms with Gasteiger partial charge in [0, 0.05) is 5.56 Å². The number of hydrogen-bond donors (Lipinski definition) is 4. The van der Waals surface area contributed by atoms with Crippen LogP contribution in [0.5, 0.6) is 11.5 Å². The van der Waals surface area contributed by atoms with Crippen molar-refractivity contribution in [3.05, 3.63) is 38.1 Å². The number of ether oxygens (including phenoxy) is 2. The predicted molar refractivity (Wildman–Crippen MR) is 96.3 cm³/mol. The minimum atomic E-state index is -1.59. The number of rotatable bonds is 6. The summed E-state index contributed by atoms with van der Waals surface area (Å²) in [5, 5.41) is 18.9. The second-order valence-corrected chi connectivity index (χ2v) is 5.88. The van der Waals surface area contributed by atoms with Crippen LogP contribution in [-0.2, 0) is 0 Å². The third-order valence-electron chi connectivity index (χ3n) is 3.48. The minimum absolute atomic E-state index is 0.116. The summed E-state index contributed by atoms with van der Waals surface area (Å²) in [5.74, 6) is -2.95. The quantitative estimate of drug-likeness (QED) is 0.548. The summed E-state index contributed by atoms with van der Waals surface area (Å²) in [7, 11) is 1.37. The number of nitrogens with one attached hydrogen (secondary N) is 1. The molecule has 0 radical (unpaired) electrons. The van der Waals surface area contributed by atoms with Gasteiger partial charge in [-0.3, -0.25) is 4.79 Å². The van der Waals surface area contributed by atoms with Gasteiger partial charge in [0.2, 0.25) is 0 Å². The number of pyridine rings is 1. The van der Waals surface area contributed by atoms with E-state index in [1.54, 1.807) is 6.92 Å². The molecule has 26 heavy (non-hydrogen) atoms. The number of nitrogens with two attached hydrogens (primary N) is 1. The highest BCUT2D eigenvalue weighted by Gasteiger charge is 2.27. The van der Waals surface area contributed by atoms with Crippen LogP contribution in [0.3, 0.4) is 0 Å². The van der Waals surface area contributed by atoms with Crippen LogP contribution in [-0.4, -0.2) is 40.9 Å². The zero-order valence-electron chi connectivity index (χ0n) is 13.8. The van der Waals surface area contributed by atoms with E-state index in [9.17, 15) is 24.6 Å². The van der Waals surface area contributed by atoms with E-state index in [0.717, 1.165) is 0 Å². The number of anilines is 1. The van der Waals surface area contributed by atoms with Gasteiger partial charge in [-0.1, -0.05) is 0 Å². The number of nitrogen functional groups attached to an aromatic ring is 1. The van der Waals surface area contributed by atoms with Gasteiger partial charge < -0.3 is 30.4 Å². The number of carboxylic acid groups (broad SMARTS) is 2. The number of benzene rings is 1. The highest BCUT2D eigenvalue weighted by atomic mass is 79.9. The summed E-state index contributed by atoms with van der Waals surface area (Å²) in [6, 6.07) is 2.81. The lowest BCUT2D eigenvalue weighted by molar-refractivity contribution is 0.0695. The van der Waals surface area contributed by atoms with Gasteiger partial charge in [-0.25, -0.2) is 9.59 Å². The Morgan fingerprint density at radius 3 is 2.35 bits per heavy atom. The maximum atomic E-state index is 12.1. The highest BCUT2D eigenvalue weighted by Crippen LogP contribution is 2.41. The number of aromatic nitrogens is 1. The van der Waals surface area contributed by atoms with Gasteiger partial charge in [0.25, 0.3) is 5.56 Å². The molecule has 0 amide bonds. The van der Waals surface area contributed by atoms with Crippen molar-refractivity contribution >= 4 is 33.7 Å². The number of aromatic carboxylic acids is 2. The smallest absolute Gasteiger partial charge is 0.342 e. The normalized spacial score (nSPS) is 10.4. The van der Waals surface area contributed by atoms with Gasteiger partial charge in [0.15, 0.2) is 11.5 Å². The molecule has 0 spiro atoms. The van der Waals surface area contributed by atoms with Gasteiger partial charge in [-0.15, -0.1) is 0 Å². The molecule has 0 saturated heterocycles. The van der Waals surface area contributed by atoms with E-state index in [2.05, 4.69) is 15.9 Å². The van der Waals surface area contributed by atoms with Crippen molar-refractivity contribution in [3.63, 3.8) is 0 Å². The number of halogens is 1. The average Bonchev–Trinajstić information content (AvgIpc) is 2.54. The number of methoxy groups -OCH3 is 1. The lowest BCUT2D eigenvalue weighted by Gasteiger charge is -2.16. The Bertz CT molecular complexity index is 953. The molecule has 0 atom stereocenters. The van der Waals surface area contributed by atoms with Crippen molar-refractivity contribution in [2.24, 2.45) is 0 Å². The van der Waals surface area contributed by atoms with Crippen LogP contribution in [0.4, 0.5) is 5.82 Å². The lowest BCUT2D eigenvalue weighted by Crippen LogP contribution is -2.24. The number of H-pyrrole nitrogens is 1. The van der Waals surface area contributed by atoms with Crippen molar-refractivity contribution in [1.29, 1.82) is 0 Å². The second-order valence-electron chi connectivity index (χ2n) is 5.03. The molecule has 0 saturated carbocycles. The molecule has 2 aromatic rings. The van der Waals surface area contributed by atoms with Crippen LogP contribution < -0.4 is 20.8 Å². The molecule has 5 N–H and O–H groups in total. The third-order valence-corrected chi connectivity index (χ3v) is 4.07. The zero-order chi connectivity index (χ0) is 19.6. The topological polar surface area (TPSA) is 152 Å². The largest absolute Gasteiger partial charge is 0.493 e. The molecule has 1 aromatic heterocycles. The van der Waals surface area contributed by atoms with E-state index < -0.39 is 34.4 Å².